The molecule has 6 nitrogen and oxygen atoms in total. The van der Waals surface area contributed by atoms with Crippen LogP contribution in [0.25, 0.3) is 0 Å². The lowest BCUT2D eigenvalue weighted by atomic mass is 9.74. The van der Waals surface area contributed by atoms with Crippen molar-refractivity contribution < 1.29 is 23.5 Å². The van der Waals surface area contributed by atoms with Gasteiger partial charge in [-0.15, -0.1) is 0 Å². The third-order valence-corrected chi connectivity index (χ3v) is 5.68. The molecule has 1 atom stereocenters. The summed E-state index contributed by atoms with van der Waals surface area (Å²) in [4.78, 5) is 0. The molecule has 1 saturated heterocycles. The predicted octanol–water partition coefficient (Wildman–Crippen LogP) is 3.91. The van der Waals surface area contributed by atoms with Crippen LogP contribution in [0.1, 0.15) is 44.8 Å². The van der Waals surface area contributed by atoms with Crippen molar-refractivity contribution in [2.75, 3.05) is 14.2 Å². The van der Waals surface area contributed by atoms with Crippen LogP contribution in [-0.4, -0.2) is 32.5 Å². The first-order chi connectivity index (χ1) is 13.7. The summed E-state index contributed by atoms with van der Waals surface area (Å²) in [6, 6.07) is 13.6. The lowest BCUT2D eigenvalue weighted by molar-refractivity contribution is 0.00578. The van der Waals surface area contributed by atoms with Crippen LogP contribution in [0.3, 0.4) is 0 Å². The Morgan fingerprint density at radius 3 is 2.00 bits per heavy atom. The Hall–Kier alpha value is -2.22. The van der Waals surface area contributed by atoms with Gasteiger partial charge in [0.05, 0.1) is 31.4 Å². The van der Waals surface area contributed by atoms with Gasteiger partial charge in [-0.3, -0.25) is 0 Å². The average Bonchev–Trinajstić information content (AvgIpc) is 2.93. The average molecular weight is 399 g/mol. The van der Waals surface area contributed by atoms with Crippen molar-refractivity contribution in [3.05, 3.63) is 53.6 Å². The number of ether oxygens (including phenoxy) is 3. The maximum absolute atomic E-state index is 6.60. The van der Waals surface area contributed by atoms with E-state index >= 15 is 0 Å². The van der Waals surface area contributed by atoms with Crippen molar-refractivity contribution in [1.82, 2.24) is 0 Å². The molecule has 1 heterocycles. The zero-order valence-corrected chi connectivity index (χ0v) is 18.0. The van der Waals surface area contributed by atoms with E-state index in [9.17, 15) is 0 Å². The first-order valence-corrected chi connectivity index (χ1v) is 9.72. The second-order valence-electron chi connectivity index (χ2n) is 8.17. The zero-order valence-electron chi connectivity index (χ0n) is 18.0. The Bertz CT molecular complexity index is 825. The van der Waals surface area contributed by atoms with Crippen LogP contribution >= 0.6 is 0 Å². The minimum absolute atomic E-state index is 0.402. The number of methoxy groups -OCH3 is 2. The van der Waals surface area contributed by atoms with E-state index in [-0.39, 0.29) is 0 Å². The molecule has 0 unspecified atom stereocenters. The van der Waals surface area contributed by atoms with E-state index in [2.05, 4.69) is 0 Å². The number of nitrogens with two attached hydrogens (primary N) is 1. The second-order valence-corrected chi connectivity index (χ2v) is 8.17. The van der Waals surface area contributed by atoms with E-state index in [1.165, 1.54) is 0 Å². The Balaban J connectivity index is 1.93. The molecule has 1 fully saturated rings. The standard InChI is InChI=1S/C22H30BNO5/c1-21(2)22(3,4)29-23(28-21)20(24)16-12-18(25-5)19(26-6)13-17(16)27-14-15-10-8-7-9-11-15/h7-13,20H,14,24H2,1-6H3/t20-/m0/s1. The summed E-state index contributed by atoms with van der Waals surface area (Å²) in [5, 5.41) is 0. The lowest BCUT2D eigenvalue weighted by Crippen LogP contribution is -2.41. The van der Waals surface area contributed by atoms with Gasteiger partial charge in [0.15, 0.2) is 11.5 Å². The monoisotopic (exact) mass is 399 g/mol. The lowest BCUT2D eigenvalue weighted by Gasteiger charge is -2.32. The van der Waals surface area contributed by atoms with Crippen molar-refractivity contribution in [3.63, 3.8) is 0 Å². The second kappa shape index (κ2) is 8.26. The summed E-state index contributed by atoms with van der Waals surface area (Å²) in [6.07, 6.45) is 0. The van der Waals surface area contributed by atoms with Crippen LogP contribution in [0.15, 0.2) is 42.5 Å². The molecular formula is C22H30BNO5. The molecule has 0 amide bonds. The molecular weight excluding hydrogens is 369 g/mol. The van der Waals surface area contributed by atoms with Crippen LogP contribution in [0.2, 0.25) is 0 Å². The fourth-order valence-electron chi connectivity index (χ4n) is 3.18. The predicted molar refractivity (Wildman–Crippen MR) is 113 cm³/mol. The van der Waals surface area contributed by atoms with E-state index in [1.807, 2.05) is 64.1 Å². The summed E-state index contributed by atoms with van der Waals surface area (Å²) >= 11 is 0. The maximum atomic E-state index is 6.60. The molecule has 0 saturated carbocycles. The van der Waals surface area contributed by atoms with Gasteiger partial charge in [-0.25, -0.2) is 0 Å². The van der Waals surface area contributed by atoms with Crippen molar-refractivity contribution in [3.8, 4) is 17.2 Å². The third-order valence-electron chi connectivity index (χ3n) is 5.68. The third kappa shape index (κ3) is 4.37. The smallest absolute Gasteiger partial charge is 0.480 e. The highest BCUT2D eigenvalue weighted by Gasteiger charge is 2.53. The fraction of sp³-hybridized carbons (Fsp3) is 0.455. The Kier molecular flexibility index (Phi) is 6.12. The summed E-state index contributed by atoms with van der Waals surface area (Å²) in [7, 11) is 2.57. The summed E-state index contributed by atoms with van der Waals surface area (Å²) in [5.74, 6) is 1.18. The van der Waals surface area contributed by atoms with Crippen molar-refractivity contribution >= 4 is 7.12 Å². The van der Waals surface area contributed by atoms with E-state index in [1.54, 1.807) is 20.3 Å². The van der Waals surface area contributed by atoms with Crippen molar-refractivity contribution in [2.24, 2.45) is 5.73 Å². The highest BCUT2D eigenvalue weighted by molar-refractivity contribution is 6.47. The van der Waals surface area contributed by atoms with Gasteiger partial charge < -0.3 is 29.3 Å². The van der Waals surface area contributed by atoms with Gasteiger partial charge in [-0.2, -0.15) is 0 Å². The Morgan fingerprint density at radius 1 is 0.897 bits per heavy atom. The first kappa shape index (κ1) is 21.5. The molecule has 29 heavy (non-hydrogen) atoms. The highest BCUT2D eigenvalue weighted by atomic mass is 16.7. The van der Waals surface area contributed by atoms with Crippen LogP contribution in [0.4, 0.5) is 0 Å². The van der Waals surface area contributed by atoms with Crippen molar-refractivity contribution in [1.29, 1.82) is 0 Å². The van der Waals surface area contributed by atoms with Crippen molar-refractivity contribution in [2.45, 2.75) is 51.4 Å². The molecule has 1 aliphatic rings. The number of hydrogen-bond donors (Lipinski definition) is 1. The molecule has 7 heteroatoms. The minimum Gasteiger partial charge on any atom is -0.493 e. The molecule has 0 aliphatic carbocycles. The quantitative estimate of drug-likeness (QED) is 0.712. The van der Waals surface area contributed by atoms with Gasteiger partial charge in [0.1, 0.15) is 12.4 Å². The normalized spacial score (nSPS) is 18.4. The van der Waals surface area contributed by atoms with E-state index in [4.69, 9.17) is 29.3 Å². The van der Waals surface area contributed by atoms with E-state index < -0.39 is 24.3 Å². The van der Waals surface area contributed by atoms with Gasteiger partial charge in [0, 0.05) is 11.6 Å². The molecule has 2 N–H and O–H groups in total. The molecule has 0 spiro atoms. The van der Waals surface area contributed by atoms with Crippen LogP contribution in [0, 0.1) is 0 Å². The van der Waals surface area contributed by atoms with E-state index in [0.717, 1.165) is 11.1 Å². The molecule has 156 valence electrons. The topological polar surface area (TPSA) is 72.2 Å². The fourth-order valence-corrected chi connectivity index (χ4v) is 3.18. The molecule has 0 aromatic heterocycles. The maximum Gasteiger partial charge on any atom is 0.480 e. The molecule has 3 rings (SSSR count). The highest BCUT2D eigenvalue weighted by Crippen LogP contribution is 2.43. The number of rotatable bonds is 7. The van der Waals surface area contributed by atoms with E-state index in [0.29, 0.717) is 23.9 Å². The molecule has 0 bridgehead atoms. The number of benzene rings is 2. The summed E-state index contributed by atoms with van der Waals surface area (Å²) in [6.45, 7) is 8.41. The SMILES string of the molecule is COc1cc(OCc2ccccc2)c([C@H](N)B2OC(C)(C)C(C)(C)O2)cc1OC. The largest absolute Gasteiger partial charge is 0.493 e. The van der Waals surface area contributed by atoms with Crippen LogP contribution in [0.5, 0.6) is 17.2 Å². The van der Waals surface area contributed by atoms with Gasteiger partial charge in [0.25, 0.3) is 0 Å². The minimum atomic E-state index is -0.614. The summed E-state index contributed by atoms with van der Waals surface area (Å²) in [5.41, 5.74) is 7.44. The summed E-state index contributed by atoms with van der Waals surface area (Å²) < 4.78 is 29.3. The van der Waals surface area contributed by atoms with Gasteiger partial charge in [-0.05, 0) is 39.3 Å². The Morgan fingerprint density at radius 2 is 1.45 bits per heavy atom. The molecule has 0 radical (unpaired) electrons. The van der Waals surface area contributed by atoms with Crippen LogP contribution in [-0.2, 0) is 15.9 Å². The first-order valence-electron chi connectivity index (χ1n) is 9.72. The van der Waals surface area contributed by atoms with Crippen LogP contribution < -0.4 is 19.9 Å². The van der Waals surface area contributed by atoms with Gasteiger partial charge in [-0.1, -0.05) is 30.3 Å². The van der Waals surface area contributed by atoms with Gasteiger partial charge >= 0.3 is 7.12 Å². The zero-order chi connectivity index (χ0) is 21.2. The molecule has 1 aliphatic heterocycles. The number of hydrogen-bond acceptors (Lipinski definition) is 6. The molecule has 2 aromatic rings. The molecule has 2 aromatic carbocycles. The Labute approximate surface area is 173 Å². The van der Waals surface area contributed by atoms with Gasteiger partial charge in [0.2, 0.25) is 0 Å².